The third-order valence-corrected chi connectivity index (χ3v) is 3.94. The summed E-state index contributed by atoms with van der Waals surface area (Å²) in [6, 6.07) is 13.0. The highest BCUT2D eigenvalue weighted by atomic mass is 16.2. The SMILES string of the molecule is CCc1ccc(NC(=O)c2ccc(C)cc2)cc1NC(=O)CCCN. The minimum absolute atomic E-state index is 0.0674. The molecule has 25 heavy (non-hydrogen) atoms. The summed E-state index contributed by atoms with van der Waals surface area (Å²) in [5.41, 5.74) is 9.54. The summed E-state index contributed by atoms with van der Waals surface area (Å²) in [4.78, 5) is 24.3. The third-order valence-electron chi connectivity index (χ3n) is 3.94. The van der Waals surface area contributed by atoms with Crippen molar-refractivity contribution in [3.8, 4) is 0 Å². The van der Waals surface area contributed by atoms with Crippen LogP contribution in [-0.2, 0) is 11.2 Å². The Hall–Kier alpha value is -2.66. The van der Waals surface area contributed by atoms with Gasteiger partial charge in [0, 0.05) is 23.4 Å². The van der Waals surface area contributed by atoms with Crippen molar-refractivity contribution in [1.29, 1.82) is 0 Å². The average Bonchev–Trinajstić information content (AvgIpc) is 2.60. The fourth-order valence-electron chi connectivity index (χ4n) is 2.46. The van der Waals surface area contributed by atoms with Gasteiger partial charge in [0.05, 0.1) is 0 Å². The summed E-state index contributed by atoms with van der Waals surface area (Å²) >= 11 is 0. The number of amides is 2. The van der Waals surface area contributed by atoms with Crippen molar-refractivity contribution < 1.29 is 9.59 Å². The van der Waals surface area contributed by atoms with Crippen molar-refractivity contribution in [2.45, 2.75) is 33.1 Å². The lowest BCUT2D eigenvalue weighted by molar-refractivity contribution is -0.116. The van der Waals surface area contributed by atoms with Gasteiger partial charge in [-0.2, -0.15) is 0 Å². The number of anilines is 2. The number of benzene rings is 2. The number of nitrogens with two attached hydrogens (primary N) is 1. The monoisotopic (exact) mass is 339 g/mol. The molecule has 4 N–H and O–H groups in total. The van der Waals surface area contributed by atoms with Crippen LogP contribution < -0.4 is 16.4 Å². The minimum atomic E-state index is -0.176. The molecule has 0 unspecified atom stereocenters. The summed E-state index contributed by atoms with van der Waals surface area (Å²) in [5.74, 6) is -0.244. The Morgan fingerprint density at radius 2 is 1.76 bits per heavy atom. The molecular weight excluding hydrogens is 314 g/mol. The van der Waals surface area contributed by atoms with Crippen LogP contribution in [0.3, 0.4) is 0 Å². The van der Waals surface area contributed by atoms with Gasteiger partial charge in [-0.25, -0.2) is 0 Å². The standard InChI is InChI=1S/C20H25N3O2/c1-3-15-10-11-17(13-18(15)23-19(24)5-4-12-21)22-20(25)16-8-6-14(2)7-9-16/h6-11,13H,3-5,12,21H2,1-2H3,(H,22,25)(H,23,24). The van der Waals surface area contributed by atoms with Gasteiger partial charge in [0.25, 0.3) is 5.91 Å². The molecule has 0 fully saturated rings. The maximum absolute atomic E-state index is 12.3. The molecule has 0 heterocycles. The molecule has 2 amide bonds. The van der Waals surface area contributed by atoms with Crippen LogP contribution in [0.2, 0.25) is 0 Å². The Morgan fingerprint density at radius 3 is 2.40 bits per heavy atom. The second-order valence-corrected chi connectivity index (χ2v) is 5.99. The molecule has 2 aromatic rings. The van der Waals surface area contributed by atoms with Crippen LogP contribution in [0, 0.1) is 6.92 Å². The predicted molar refractivity (Wildman–Crippen MR) is 102 cm³/mol. The number of nitrogens with one attached hydrogen (secondary N) is 2. The van der Waals surface area contributed by atoms with E-state index in [-0.39, 0.29) is 11.8 Å². The number of hydrogen-bond donors (Lipinski definition) is 3. The molecule has 0 atom stereocenters. The van der Waals surface area contributed by atoms with E-state index in [4.69, 9.17) is 5.73 Å². The molecule has 0 bridgehead atoms. The van der Waals surface area contributed by atoms with Crippen molar-refractivity contribution >= 4 is 23.2 Å². The highest BCUT2D eigenvalue weighted by Crippen LogP contribution is 2.22. The Bertz CT molecular complexity index is 739. The molecular formula is C20H25N3O2. The van der Waals surface area contributed by atoms with Gasteiger partial charge in [-0.3, -0.25) is 9.59 Å². The fourth-order valence-corrected chi connectivity index (χ4v) is 2.46. The summed E-state index contributed by atoms with van der Waals surface area (Å²) in [7, 11) is 0. The molecule has 2 aromatic carbocycles. The zero-order chi connectivity index (χ0) is 18.2. The van der Waals surface area contributed by atoms with E-state index in [2.05, 4.69) is 10.6 Å². The van der Waals surface area contributed by atoms with Gasteiger partial charge < -0.3 is 16.4 Å². The lowest BCUT2D eigenvalue weighted by Gasteiger charge is -2.13. The normalized spacial score (nSPS) is 10.4. The fraction of sp³-hybridized carbons (Fsp3) is 0.300. The van der Waals surface area contributed by atoms with Gasteiger partial charge in [0.2, 0.25) is 5.91 Å². The maximum Gasteiger partial charge on any atom is 0.255 e. The number of carbonyl (C=O) groups is 2. The van der Waals surface area contributed by atoms with E-state index < -0.39 is 0 Å². The average molecular weight is 339 g/mol. The first kappa shape index (κ1) is 18.7. The first-order valence-electron chi connectivity index (χ1n) is 8.54. The largest absolute Gasteiger partial charge is 0.330 e. The second-order valence-electron chi connectivity index (χ2n) is 5.99. The lowest BCUT2D eigenvalue weighted by Crippen LogP contribution is -2.16. The third kappa shape index (κ3) is 5.43. The molecule has 0 spiro atoms. The van der Waals surface area contributed by atoms with Gasteiger partial charge in [-0.1, -0.05) is 30.7 Å². The number of hydrogen-bond acceptors (Lipinski definition) is 3. The first-order chi connectivity index (χ1) is 12.0. The van der Waals surface area contributed by atoms with E-state index in [0.29, 0.717) is 30.6 Å². The molecule has 5 heteroatoms. The van der Waals surface area contributed by atoms with Crippen LogP contribution in [0.5, 0.6) is 0 Å². The predicted octanol–water partition coefficient (Wildman–Crippen LogP) is 3.49. The maximum atomic E-state index is 12.3. The first-order valence-corrected chi connectivity index (χ1v) is 8.54. The summed E-state index contributed by atoms with van der Waals surface area (Å²) < 4.78 is 0. The van der Waals surface area contributed by atoms with Crippen LogP contribution in [0.25, 0.3) is 0 Å². The van der Waals surface area contributed by atoms with Gasteiger partial charge >= 0.3 is 0 Å². The summed E-state index contributed by atoms with van der Waals surface area (Å²) in [6.07, 6.45) is 1.83. The van der Waals surface area contributed by atoms with Crippen molar-refractivity contribution in [2.75, 3.05) is 17.2 Å². The number of rotatable bonds is 7. The van der Waals surface area contributed by atoms with Crippen LogP contribution in [0.1, 0.15) is 41.3 Å². The zero-order valence-corrected chi connectivity index (χ0v) is 14.8. The van der Waals surface area contributed by atoms with Gasteiger partial charge in [0.15, 0.2) is 0 Å². The van der Waals surface area contributed by atoms with E-state index in [9.17, 15) is 9.59 Å². The minimum Gasteiger partial charge on any atom is -0.330 e. The van der Waals surface area contributed by atoms with E-state index in [1.165, 1.54) is 0 Å². The number of aryl methyl sites for hydroxylation is 2. The molecule has 132 valence electrons. The van der Waals surface area contributed by atoms with E-state index in [1.54, 1.807) is 18.2 Å². The molecule has 0 saturated heterocycles. The van der Waals surface area contributed by atoms with E-state index in [0.717, 1.165) is 23.2 Å². The molecule has 0 aromatic heterocycles. The van der Waals surface area contributed by atoms with Gasteiger partial charge in [-0.05, 0) is 56.1 Å². The van der Waals surface area contributed by atoms with Gasteiger partial charge in [0.1, 0.15) is 0 Å². The smallest absolute Gasteiger partial charge is 0.255 e. The molecule has 0 aliphatic heterocycles. The van der Waals surface area contributed by atoms with Crippen LogP contribution in [0.15, 0.2) is 42.5 Å². The molecule has 0 aliphatic rings. The topological polar surface area (TPSA) is 84.2 Å². The molecule has 0 aliphatic carbocycles. The Balaban J connectivity index is 2.13. The van der Waals surface area contributed by atoms with Gasteiger partial charge in [-0.15, -0.1) is 0 Å². The van der Waals surface area contributed by atoms with Crippen LogP contribution >= 0.6 is 0 Å². The highest BCUT2D eigenvalue weighted by molar-refractivity contribution is 6.04. The Labute approximate surface area is 148 Å². The Kier molecular flexibility index (Phi) is 6.71. The van der Waals surface area contributed by atoms with Crippen LogP contribution in [0.4, 0.5) is 11.4 Å². The second kappa shape index (κ2) is 8.99. The molecule has 0 radical (unpaired) electrons. The summed E-state index contributed by atoms with van der Waals surface area (Å²) in [5, 5.41) is 5.79. The molecule has 2 rings (SSSR count). The quantitative estimate of drug-likeness (QED) is 0.722. The Morgan fingerprint density at radius 1 is 1.04 bits per heavy atom. The number of carbonyl (C=O) groups excluding carboxylic acids is 2. The van der Waals surface area contributed by atoms with Crippen molar-refractivity contribution in [3.63, 3.8) is 0 Å². The lowest BCUT2D eigenvalue weighted by atomic mass is 10.1. The van der Waals surface area contributed by atoms with E-state index >= 15 is 0 Å². The molecule has 0 saturated carbocycles. The highest BCUT2D eigenvalue weighted by Gasteiger charge is 2.10. The van der Waals surface area contributed by atoms with Crippen molar-refractivity contribution in [3.05, 3.63) is 59.2 Å². The molecule has 5 nitrogen and oxygen atoms in total. The van der Waals surface area contributed by atoms with Crippen molar-refractivity contribution in [2.24, 2.45) is 5.73 Å². The summed E-state index contributed by atoms with van der Waals surface area (Å²) in [6.45, 7) is 4.49. The van der Waals surface area contributed by atoms with E-state index in [1.807, 2.05) is 38.1 Å². The van der Waals surface area contributed by atoms with Crippen molar-refractivity contribution in [1.82, 2.24) is 0 Å². The van der Waals surface area contributed by atoms with Crippen LogP contribution in [-0.4, -0.2) is 18.4 Å². The zero-order valence-electron chi connectivity index (χ0n) is 14.8.